The molecule has 0 amide bonds. The maximum atomic E-state index is 4.24. The quantitative estimate of drug-likeness (QED) is 0.472. The average Bonchev–Trinajstić information content (AvgIpc) is 2.29. The van der Waals surface area contributed by atoms with Crippen LogP contribution >= 0.6 is 24.0 Å². The van der Waals surface area contributed by atoms with Gasteiger partial charge in [-0.15, -0.1) is 24.0 Å². The fourth-order valence-electron chi connectivity index (χ4n) is 1.98. The van der Waals surface area contributed by atoms with E-state index in [0.29, 0.717) is 0 Å². The van der Waals surface area contributed by atoms with Gasteiger partial charge in [-0.05, 0) is 52.2 Å². The van der Waals surface area contributed by atoms with Crippen LogP contribution in [0.15, 0.2) is 23.2 Å². The lowest BCUT2D eigenvalue weighted by Crippen LogP contribution is -2.48. The molecule has 2 N–H and O–H groups in total. The van der Waals surface area contributed by atoms with Gasteiger partial charge in [-0.1, -0.05) is 23.8 Å². The zero-order valence-electron chi connectivity index (χ0n) is 13.5. The Labute approximate surface area is 140 Å². The average molecular weight is 389 g/mol. The second-order valence-corrected chi connectivity index (χ2v) is 6.05. The lowest BCUT2D eigenvalue weighted by Gasteiger charge is -2.23. The molecule has 0 radical (unpaired) electrons. The van der Waals surface area contributed by atoms with E-state index in [1.54, 1.807) is 7.05 Å². The summed E-state index contributed by atoms with van der Waals surface area (Å²) >= 11 is 0. The van der Waals surface area contributed by atoms with Gasteiger partial charge in [0.25, 0.3) is 0 Å². The summed E-state index contributed by atoms with van der Waals surface area (Å²) in [7, 11) is 1.80. The standard InChI is InChI=1S/C16H27N3.HI/c1-12-7-8-14(13(2)11-12)9-10-18-15(17-6)19-16(3,4)5;/h7-8,11H,9-10H2,1-6H3,(H2,17,18,19);1H. The molecule has 0 spiro atoms. The van der Waals surface area contributed by atoms with Gasteiger partial charge in [0.15, 0.2) is 5.96 Å². The van der Waals surface area contributed by atoms with Crippen molar-refractivity contribution in [1.29, 1.82) is 0 Å². The number of nitrogens with one attached hydrogen (secondary N) is 2. The van der Waals surface area contributed by atoms with Gasteiger partial charge in [0.2, 0.25) is 0 Å². The van der Waals surface area contributed by atoms with Crippen LogP contribution in [-0.2, 0) is 6.42 Å². The lowest BCUT2D eigenvalue weighted by molar-refractivity contribution is 0.501. The largest absolute Gasteiger partial charge is 0.356 e. The van der Waals surface area contributed by atoms with Gasteiger partial charge in [0.1, 0.15) is 0 Å². The molecule has 1 aromatic rings. The number of aryl methyl sites for hydroxylation is 2. The topological polar surface area (TPSA) is 36.4 Å². The third-order valence-corrected chi connectivity index (χ3v) is 2.90. The summed E-state index contributed by atoms with van der Waals surface area (Å²) in [6.07, 6.45) is 1.01. The Morgan fingerprint density at radius 3 is 2.35 bits per heavy atom. The van der Waals surface area contributed by atoms with Crippen molar-refractivity contribution in [1.82, 2.24) is 10.6 Å². The van der Waals surface area contributed by atoms with Gasteiger partial charge >= 0.3 is 0 Å². The maximum Gasteiger partial charge on any atom is 0.191 e. The van der Waals surface area contributed by atoms with Crippen LogP contribution in [0, 0.1) is 13.8 Å². The molecule has 0 saturated carbocycles. The van der Waals surface area contributed by atoms with Crippen LogP contribution in [-0.4, -0.2) is 25.1 Å². The highest BCUT2D eigenvalue weighted by Crippen LogP contribution is 2.10. The molecule has 0 heterocycles. The minimum absolute atomic E-state index is 0. The fraction of sp³-hybridized carbons (Fsp3) is 0.562. The highest BCUT2D eigenvalue weighted by molar-refractivity contribution is 14.0. The van der Waals surface area contributed by atoms with Crippen molar-refractivity contribution in [3.63, 3.8) is 0 Å². The van der Waals surface area contributed by atoms with Crippen molar-refractivity contribution in [2.24, 2.45) is 4.99 Å². The number of nitrogens with zero attached hydrogens (tertiary/aromatic N) is 1. The van der Waals surface area contributed by atoms with E-state index in [1.165, 1.54) is 16.7 Å². The Bertz CT molecular complexity index is 448. The molecule has 0 aliphatic heterocycles. The number of halogens is 1. The monoisotopic (exact) mass is 389 g/mol. The van der Waals surface area contributed by atoms with E-state index in [0.717, 1.165) is 18.9 Å². The molecule has 0 fully saturated rings. The summed E-state index contributed by atoms with van der Waals surface area (Å²) < 4.78 is 0. The third-order valence-electron chi connectivity index (χ3n) is 2.90. The first-order valence-corrected chi connectivity index (χ1v) is 6.87. The van der Waals surface area contributed by atoms with Gasteiger partial charge in [-0.25, -0.2) is 0 Å². The molecule has 0 aliphatic rings. The number of benzene rings is 1. The molecule has 0 unspecified atom stereocenters. The van der Waals surface area contributed by atoms with E-state index in [4.69, 9.17) is 0 Å². The van der Waals surface area contributed by atoms with Crippen LogP contribution < -0.4 is 10.6 Å². The van der Waals surface area contributed by atoms with Gasteiger partial charge in [0, 0.05) is 19.1 Å². The van der Waals surface area contributed by atoms with Crippen LogP contribution in [0.1, 0.15) is 37.5 Å². The highest BCUT2D eigenvalue weighted by atomic mass is 127. The Morgan fingerprint density at radius 2 is 1.85 bits per heavy atom. The molecule has 114 valence electrons. The molecule has 4 heteroatoms. The Balaban J connectivity index is 0.00000361. The number of aliphatic imine (C=N–C) groups is 1. The number of hydrogen-bond acceptors (Lipinski definition) is 1. The van der Waals surface area contributed by atoms with E-state index < -0.39 is 0 Å². The van der Waals surface area contributed by atoms with Crippen molar-refractivity contribution in [2.45, 2.75) is 46.6 Å². The number of rotatable bonds is 3. The maximum absolute atomic E-state index is 4.24. The van der Waals surface area contributed by atoms with Crippen molar-refractivity contribution in [2.75, 3.05) is 13.6 Å². The van der Waals surface area contributed by atoms with Crippen molar-refractivity contribution >= 4 is 29.9 Å². The normalized spacial score (nSPS) is 11.8. The van der Waals surface area contributed by atoms with Gasteiger partial charge in [-0.2, -0.15) is 0 Å². The van der Waals surface area contributed by atoms with Crippen molar-refractivity contribution in [3.8, 4) is 0 Å². The molecule has 1 aromatic carbocycles. The zero-order chi connectivity index (χ0) is 14.5. The Morgan fingerprint density at radius 1 is 1.20 bits per heavy atom. The molecule has 3 nitrogen and oxygen atoms in total. The van der Waals surface area contributed by atoms with Gasteiger partial charge in [0.05, 0.1) is 0 Å². The molecule has 20 heavy (non-hydrogen) atoms. The van der Waals surface area contributed by atoms with Crippen LogP contribution in [0.2, 0.25) is 0 Å². The lowest BCUT2D eigenvalue weighted by atomic mass is 10.0. The first kappa shape index (κ1) is 19.2. The second kappa shape index (κ2) is 8.49. The predicted molar refractivity (Wildman–Crippen MR) is 99.3 cm³/mol. The van der Waals surface area contributed by atoms with Crippen LogP contribution in [0.5, 0.6) is 0 Å². The molecular formula is C16H28IN3. The molecule has 1 rings (SSSR count). The molecule has 0 aliphatic carbocycles. The summed E-state index contributed by atoms with van der Waals surface area (Å²) in [5.74, 6) is 0.859. The molecule has 0 bridgehead atoms. The Hall–Kier alpha value is -0.780. The molecular weight excluding hydrogens is 361 g/mol. The number of guanidine groups is 1. The van der Waals surface area contributed by atoms with Gasteiger partial charge < -0.3 is 10.6 Å². The second-order valence-electron chi connectivity index (χ2n) is 6.05. The summed E-state index contributed by atoms with van der Waals surface area (Å²) in [6.45, 7) is 11.6. The van der Waals surface area contributed by atoms with Gasteiger partial charge in [-0.3, -0.25) is 4.99 Å². The van der Waals surface area contributed by atoms with Crippen LogP contribution in [0.25, 0.3) is 0 Å². The zero-order valence-corrected chi connectivity index (χ0v) is 15.8. The van der Waals surface area contributed by atoms with E-state index in [2.05, 4.69) is 68.4 Å². The van der Waals surface area contributed by atoms with E-state index >= 15 is 0 Å². The predicted octanol–water partition coefficient (Wildman–Crippen LogP) is 3.43. The first-order chi connectivity index (χ1) is 8.81. The van der Waals surface area contributed by atoms with Crippen LogP contribution in [0.4, 0.5) is 0 Å². The molecule has 0 atom stereocenters. The van der Waals surface area contributed by atoms with Crippen molar-refractivity contribution in [3.05, 3.63) is 34.9 Å². The van der Waals surface area contributed by atoms with Crippen LogP contribution in [0.3, 0.4) is 0 Å². The summed E-state index contributed by atoms with van der Waals surface area (Å²) in [4.78, 5) is 4.24. The van der Waals surface area contributed by atoms with E-state index in [1.807, 2.05) is 0 Å². The summed E-state index contributed by atoms with van der Waals surface area (Å²) in [5.41, 5.74) is 4.10. The van der Waals surface area contributed by atoms with E-state index in [-0.39, 0.29) is 29.5 Å². The molecule has 0 saturated heterocycles. The van der Waals surface area contributed by atoms with E-state index in [9.17, 15) is 0 Å². The minimum atomic E-state index is 0. The first-order valence-electron chi connectivity index (χ1n) is 6.87. The SMILES string of the molecule is CN=C(NCCc1ccc(C)cc1C)NC(C)(C)C.I. The summed E-state index contributed by atoms with van der Waals surface area (Å²) in [5, 5.41) is 6.71. The highest BCUT2D eigenvalue weighted by Gasteiger charge is 2.11. The summed E-state index contributed by atoms with van der Waals surface area (Å²) in [6, 6.07) is 6.62. The Kier molecular flexibility index (Phi) is 8.16. The number of hydrogen-bond donors (Lipinski definition) is 2. The fourth-order valence-corrected chi connectivity index (χ4v) is 1.98. The van der Waals surface area contributed by atoms with Crippen molar-refractivity contribution < 1.29 is 0 Å². The molecule has 0 aromatic heterocycles. The minimum Gasteiger partial charge on any atom is -0.356 e. The smallest absolute Gasteiger partial charge is 0.191 e. The third kappa shape index (κ3) is 7.12.